The van der Waals surface area contributed by atoms with Crippen molar-refractivity contribution in [3.8, 4) is 0 Å². The summed E-state index contributed by atoms with van der Waals surface area (Å²) in [4.78, 5) is 16.2. The molecule has 0 aromatic carbocycles. The van der Waals surface area contributed by atoms with Gasteiger partial charge >= 0.3 is 0 Å². The smallest absolute Gasteiger partial charge is 0.270 e. The predicted octanol–water partition coefficient (Wildman–Crippen LogP) is 0.912. The van der Waals surface area contributed by atoms with Crippen molar-refractivity contribution in [1.29, 1.82) is 0 Å². The highest BCUT2D eigenvalue weighted by Gasteiger charge is 2.22. The molecular weight excluding hydrogens is 244 g/mol. The molecule has 0 spiro atoms. The number of nitrogen functional groups attached to an aromatic ring is 1. The summed E-state index contributed by atoms with van der Waals surface area (Å²) < 4.78 is 5.32. The molecule has 19 heavy (non-hydrogen) atoms. The lowest BCUT2D eigenvalue weighted by Gasteiger charge is -2.28. The van der Waals surface area contributed by atoms with Crippen LogP contribution in [0.15, 0.2) is 18.2 Å². The van der Waals surface area contributed by atoms with E-state index in [9.17, 15) is 4.79 Å². The molecule has 6 nitrogen and oxygen atoms in total. The Morgan fingerprint density at radius 2 is 2.21 bits per heavy atom. The second-order valence-electron chi connectivity index (χ2n) is 4.76. The lowest BCUT2D eigenvalue weighted by molar-refractivity contribution is 0.0537. The first-order chi connectivity index (χ1) is 9.20. The number of nitrogens with two attached hydrogens (primary N) is 1. The highest BCUT2D eigenvalue weighted by molar-refractivity contribution is 5.92. The number of nitrogens with one attached hydrogen (secondary N) is 2. The number of amides is 1. The molecule has 1 fully saturated rings. The lowest BCUT2D eigenvalue weighted by atomic mass is 9.93. The molecule has 104 valence electrons. The van der Waals surface area contributed by atoms with Crippen LogP contribution < -0.4 is 16.6 Å². The molecule has 0 radical (unpaired) electrons. The molecular formula is C13H20N4O2. The van der Waals surface area contributed by atoms with E-state index >= 15 is 0 Å². The highest BCUT2D eigenvalue weighted by atomic mass is 16.5. The van der Waals surface area contributed by atoms with E-state index in [4.69, 9.17) is 10.6 Å². The summed E-state index contributed by atoms with van der Waals surface area (Å²) in [7, 11) is 0. The molecule has 1 aromatic rings. The van der Waals surface area contributed by atoms with Crippen molar-refractivity contribution in [2.75, 3.05) is 18.6 Å². The number of nitrogens with zero attached hydrogens (tertiary/aromatic N) is 1. The lowest BCUT2D eigenvalue weighted by Crippen LogP contribution is -2.40. The number of carbonyl (C=O) groups is 1. The van der Waals surface area contributed by atoms with Crippen LogP contribution in [0.1, 0.15) is 30.3 Å². The number of carbonyl (C=O) groups excluding carboxylic acids is 1. The molecule has 6 heteroatoms. The molecule has 1 atom stereocenters. The molecule has 1 aliphatic rings. The van der Waals surface area contributed by atoms with E-state index < -0.39 is 0 Å². The maximum absolute atomic E-state index is 12.1. The number of ether oxygens (including phenoxy) is 1. The average molecular weight is 264 g/mol. The minimum atomic E-state index is -0.170. The third-order valence-corrected chi connectivity index (χ3v) is 3.46. The van der Waals surface area contributed by atoms with E-state index in [1.807, 2.05) is 6.92 Å². The van der Waals surface area contributed by atoms with Gasteiger partial charge in [-0.25, -0.2) is 10.8 Å². The van der Waals surface area contributed by atoms with Gasteiger partial charge in [0, 0.05) is 19.3 Å². The summed E-state index contributed by atoms with van der Waals surface area (Å²) in [5.74, 6) is 6.05. The zero-order chi connectivity index (χ0) is 13.7. The topological polar surface area (TPSA) is 89.3 Å². The van der Waals surface area contributed by atoms with Crippen LogP contribution in [0, 0.1) is 5.92 Å². The number of hydrazine groups is 1. The first-order valence-corrected chi connectivity index (χ1v) is 6.53. The van der Waals surface area contributed by atoms with E-state index in [1.165, 1.54) is 0 Å². The first kappa shape index (κ1) is 13.8. The van der Waals surface area contributed by atoms with Crippen molar-refractivity contribution in [2.24, 2.45) is 11.8 Å². The van der Waals surface area contributed by atoms with Crippen LogP contribution >= 0.6 is 0 Å². The molecule has 1 amide bonds. The maximum Gasteiger partial charge on any atom is 0.270 e. The number of rotatable bonds is 4. The van der Waals surface area contributed by atoms with E-state index in [0.717, 1.165) is 26.1 Å². The van der Waals surface area contributed by atoms with Crippen molar-refractivity contribution in [1.82, 2.24) is 10.3 Å². The number of pyridine rings is 1. The molecule has 2 heterocycles. The Labute approximate surface area is 112 Å². The molecule has 1 saturated heterocycles. The van der Waals surface area contributed by atoms with Gasteiger partial charge in [0.25, 0.3) is 5.91 Å². The van der Waals surface area contributed by atoms with Gasteiger partial charge in [-0.2, -0.15) is 0 Å². The third-order valence-electron chi connectivity index (χ3n) is 3.46. The van der Waals surface area contributed by atoms with Crippen LogP contribution in [0.2, 0.25) is 0 Å². The summed E-state index contributed by atoms with van der Waals surface area (Å²) in [6.45, 7) is 3.57. The summed E-state index contributed by atoms with van der Waals surface area (Å²) in [6.07, 6.45) is 1.97. The Kier molecular flexibility index (Phi) is 4.70. The number of anilines is 1. The zero-order valence-corrected chi connectivity index (χ0v) is 11.1. The van der Waals surface area contributed by atoms with Gasteiger partial charge in [-0.1, -0.05) is 6.07 Å². The van der Waals surface area contributed by atoms with Gasteiger partial charge in [0.1, 0.15) is 11.5 Å². The quantitative estimate of drug-likeness (QED) is 0.555. The molecule has 0 aliphatic carbocycles. The second-order valence-corrected chi connectivity index (χ2v) is 4.76. The second kappa shape index (κ2) is 6.49. The summed E-state index contributed by atoms with van der Waals surface area (Å²) in [5, 5.41) is 2.99. The van der Waals surface area contributed by atoms with Gasteiger partial charge in [-0.05, 0) is 37.8 Å². The average Bonchev–Trinajstić information content (AvgIpc) is 2.48. The standard InChI is InChI=1S/C13H20N4O2/c1-9(10-5-7-19-8-6-10)15-13(18)11-3-2-4-12(16-11)17-14/h2-4,9-10H,5-8,14H2,1H3,(H,15,18)(H,16,17). The van der Waals surface area contributed by atoms with Crippen molar-refractivity contribution in [3.05, 3.63) is 23.9 Å². The fourth-order valence-electron chi connectivity index (χ4n) is 2.26. The van der Waals surface area contributed by atoms with Crippen molar-refractivity contribution < 1.29 is 9.53 Å². The van der Waals surface area contributed by atoms with Gasteiger partial charge in [0.15, 0.2) is 0 Å². The third kappa shape index (κ3) is 3.65. The van der Waals surface area contributed by atoms with Gasteiger partial charge in [-0.3, -0.25) is 4.79 Å². The molecule has 0 bridgehead atoms. The largest absolute Gasteiger partial charge is 0.381 e. The Balaban J connectivity index is 1.95. The van der Waals surface area contributed by atoms with Gasteiger partial charge in [0.2, 0.25) is 0 Å². The Morgan fingerprint density at radius 3 is 2.89 bits per heavy atom. The summed E-state index contributed by atoms with van der Waals surface area (Å²) in [6, 6.07) is 5.24. The minimum Gasteiger partial charge on any atom is -0.381 e. The first-order valence-electron chi connectivity index (χ1n) is 6.53. The van der Waals surface area contributed by atoms with Crippen LogP contribution in [0.25, 0.3) is 0 Å². The minimum absolute atomic E-state index is 0.118. The van der Waals surface area contributed by atoms with Gasteiger partial charge in [-0.15, -0.1) is 0 Å². The molecule has 1 unspecified atom stereocenters. The fourth-order valence-corrected chi connectivity index (χ4v) is 2.26. The normalized spacial score (nSPS) is 17.8. The van der Waals surface area contributed by atoms with Gasteiger partial charge < -0.3 is 15.5 Å². The Morgan fingerprint density at radius 1 is 1.47 bits per heavy atom. The SMILES string of the molecule is CC(NC(=O)c1cccc(NN)n1)C1CCOCC1. The van der Waals surface area contributed by atoms with E-state index in [1.54, 1.807) is 18.2 Å². The van der Waals surface area contributed by atoms with E-state index in [2.05, 4.69) is 15.7 Å². The Hall–Kier alpha value is -1.66. The molecule has 1 aliphatic heterocycles. The maximum atomic E-state index is 12.1. The van der Waals surface area contributed by atoms with Crippen molar-refractivity contribution >= 4 is 11.7 Å². The highest BCUT2D eigenvalue weighted by Crippen LogP contribution is 2.18. The van der Waals surface area contributed by atoms with Crippen LogP contribution in [0.4, 0.5) is 5.82 Å². The van der Waals surface area contributed by atoms with Crippen molar-refractivity contribution in [2.45, 2.75) is 25.8 Å². The van der Waals surface area contributed by atoms with Gasteiger partial charge in [0.05, 0.1) is 0 Å². The summed E-state index contributed by atoms with van der Waals surface area (Å²) >= 11 is 0. The van der Waals surface area contributed by atoms with Crippen LogP contribution in [0.3, 0.4) is 0 Å². The molecule has 4 N–H and O–H groups in total. The van der Waals surface area contributed by atoms with Crippen LogP contribution in [-0.4, -0.2) is 30.1 Å². The number of hydrogen-bond acceptors (Lipinski definition) is 5. The molecule has 0 saturated carbocycles. The fraction of sp³-hybridized carbons (Fsp3) is 0.538. The number of aromatic nitrogens is 1. The molecule has 2 rings (SSSR count). The van der Waals surface area contributed by atoms with Crippen LogP contribution in [-0.2, 0) is 4.74 Å². The van der Waals surface area contributed by atoms with E-state index in [-0.39, 0.29) is 11.9 Å². The Bertz CT molecular complexity index is 432. The summed E-state index contributed by atoms with van der Waals surface area (Å²) in [5.41, 5.74) is 2.80. The molecule has 1 aromatic heterocycles. The monoisotopic (exact) mass is 264 g/mol. The predicted molar refractivity (Wildman–Crippen MR) is 72.5 cm³/mol. The van der Waals surface area contributed by atoms with Crippen LogP contribution in [0.5, 0.6) is 0 Å². The van der Waals surface area contributed by atoms with Crippen molar-refractivity contribution in [3.63, 3.8) is 0 Å². The van der Waals surface area contributed by atoms with E-state index in [0.29, 0.717) is 17.4 Å². The number of hydrogen-bond donors (Lipinski definition) is 3. The zero-order valence-electron chi connectivity index (χ0n) is 11.1.